The van der Waals surface area contributed by atoms with Crippen LogP contribution in [0.1, 0.15) is 59.9 Å². The Morgan fingerprint density at radius 3 is 2.48 bits per heavy atom. The number of carboxylic acid groups (broad SMARTS) is 1. The number of aliphatic carboxylic acids is 1. The van der Waals surface area contributed by atoms with Gasteiger partial charge in [0.15, 0.2) is 5.60 Å². The van der Waals surface area contributed by atoms with Gasteiger partial charge < -0.3 is 14.6 Å². The molecule has 182 valence electrons. The van der Waals surface area contributed by atoms with Crippen LogP contribution in [0.4, 0.5) is 0 Å². The first-order valence-corrected chi connectivity index (χ1v) is 12.4. The molecule has 0 aromatic heterocycles. The zero-order valence-corrected chi connectivity index (χ0v) is 22.1. The Balaban J connectivity index is 0.000000586. The van der Waals surface area contributed by atoms with Gasteiger partial charge in [-0.1, -0.05) is 38.5 Å². The first kappa shape index (κ1) is 30.4. The van der Waals surface area contributed by atoms with Gasteiger partial charge >= 0.3 is 5.97 Å². The number of hydrogen-bond acceptors (Lipinski definition) is 5. The van der Waals surface area contributed by atoms with Crippen molar-refractivity contribution >= 4 is 17.7 Å². The number of rotatable bonds is 8. The predicted molar refractivity (Wildman–Crippen MR) is 138 cm³/mol. The number of hydrogen-bond donors (Lipinski definition) is 1. The number of allylic oxidation sites excluding steroid dienone is 4. The first-order valence-electron chi connectivity index (χ1n) is 11.2. The molecule has 0 saturated heterocycles. The quantitative estimate of drug-likeness (QED) is 0.427. The molecular formula is C27H39NO4S. The van der Waals surface area contributed by atoms with E-state index in [1.807, 2.05) is 77.3 Å². The van der Waals surface area contributed by atoms with E-state index in [-0.39, 0.29) is 0 Å². The van der Waals surface area contributed by atoms with Crippen LogP contribution in [0.25, 0.3) is 0 Å². The SMILES string of the molecule is CC.CSC1=CC=C(OC(C)(C)C(=O)O)CC(C)=C1.Cc1cccc(OCC(C)CC#N)c1. The van der Waals surface area contributed by atoms with Crippen LogP contribution in [0.2, 0.25) is 0 Å². The smallest absolute Gasteiger partial charge is 0.347 e. The van der Waals surface area contributed by atoms with E-state index in [1.165, 1.54) is 5.56 Å². The van der Waals surface area contributed by atoms with Crippen molar-refractivity contribution in [1.82, 2.24) is 0 Å². The Kier molecular flexibility index (Phi) is 14.8. The number of carbonyl (C=O) groups is 1. The van der Waals surface area contributed by atoms with Crippen molar-refractivity contribution in [2.45, 2.75) is 66.9 Å². The van der Waals surface area contributed by atoms with Crippen molar-refractivity contribution in [3.8, 4) is 11.8 Å². The Bertz CT molecular complexity index is 878. The highest BCUT2D eigenvalue weighted by Gasteiger charge is 2.30. The minimum absolute atomic E-state index is 0.292. The van der Waals surface area contributed by atoms with Gasteiger partial charge in [-0.2, -0.15) is 5.26 Å². The average Bonchev–Trinajstić information content (AvgIpc) is 2.94. The second kappa shape index (κ2) is 16.0. The molecule has 33 heavy (non-hydrogen) atoms. The van der Waals surface area contributed by atoms with Crippen molar-refractivity contribution in [1.29, 1.82) is 5.26 Å². The maximum absolute atomic E-state index is 11.0. The number of benzene rings is 1. The molecule has 5 nitrogen and oxygen atoms in total. The second-order valence-corrected chi connectivity index (χ2v) is 8.97. The minimum Gasteiger partial charge on any atom is -0.493 e. The lowest BCUT2D eigenvalue weighted by atomic mass is 10.1. The summed E-state index contributed by atoms with van der Waals surface area (Å²) in [6.45, 7) is 13.8. The first-order chi connectivity index (χ1) is 15.6. The van der Waals surface area contributed by atoms with E-state index in [1.54, 1.807) is 25.6 Å². The molecule has 0 bridgehead atoms. The summed E-state index contributed by atoms with van der Waals surface area (Å²) >= 11 is 1.66. The number of ether oxygens (including phenoxy) is 2. The fraction of sp³-hybridized carbons (Fsp3) is 0.481. The predicted octanol–water partition coefficient (Wildman–Crippen LogP) is 7.30. The van der Waals surface area contributed by atoms with Crippen LogP contribution in [0, 0.1) is 24.2 Å². The highest BCUT2D eigenvalue weighted by molar-refractivity contribution is 8.02. The molecule has 0 saturated carbocycles. The average molecular weight is 474 g/mol. The molecule has 6 heteroatoms. The summed E-state index contributed by atoms with van der Waals surface area (Å²) in [5.41, 5.74) is 1.16. The summed E-state index contributed by atoms with van der Waals surface area (Å²) in [6, 6.07) is 10.1. The van der Waals surface area contributed by atoms with Crippen LogP contribution in [0.15, 0.2) is 58.7 Å². The minimum atomic E-state index is -1.19. The molecular weight excluding hydrogens is 434 g/mol. The molecule has 1 aliphatic carbocycles. The highest BCUT2D eigenvalue weighted by atomic mass is 32.2. The summed E-state index contributed by atoms with van der Waals surface area (Å²) in [4.78, 5) is 12.1. The maximum atomic E-state index is 11.0. The van der Waals surface area contributed by atoms with Gasteiger partial charge in [-0.25, -0.2) is 4.79 Å². The topological polar surface area (TPSA) is 79.6 Å². The lowest BCUT2D eigenvalue weighted by Crippen LogP contribution is -2.34. The second-order valence-electron chi connectivity index (χ2n) is 8.09. The standard InChI is InChI=1S/C13H18O3S.C12H15NO.C2H6/c1-9-7-10(5-6-11(8-9)17-4)16-13(2,3)12(14)15;1-10-4-3-5-12(8-10)14-9-11(2)6-7-13;1-2/h5-6,8H,7H2,1-4H3,(H,14,15);3-5,8,11H,6,9H2,1-2H3;1-2H3. The molecule has 1 aliphatic rings. The lowest BCUT2D eigenvalue weighted by molar-refractivity contribution is -0.156. The van der Waals surface area contributed by atoms with E-state index in [0.29, 0.717) is 31.1 Å². The van der Waals surface area contributed by atoms with Gasteiger partial charge in [-0.05, 0) is 69.9 Å². The van der Waals surface area contributed by atoms with Crippen LogP contribution >= 0.6 is 11.8 Å². The van der Waals surface area contributed by atoms with Gasteiger partial charge in [0.05, 0.1) is 12.7 Å². The molecule has 1 aromatic carbocycles. The van der Waals surface area contributed by atoms with Gasteiger partial charge in [0.2, 0.25) is 0 Å². The molecule has 1 N–H and O–H groups in total. The maximum Gasteiger partial charge on any atom is 0.347 e. The summed E-state index contributed by atoms with van der Waals surface area (Å²) in [5, 5.41) is 17.5. The largest absolute Gasteiger partial charge is 0.493 e. The van der Waals surface area contributed by atoms with Crippen LogP contribution in [0.5, 0.6) is 5.75 Å². The third-order valence-electron chi connectivity index (χ3n) is 4.38. The Labute approximate surface area is 204 Å². The fourth-order valence-electron chi connectivity index (χ4n) is 2.58. The van der Waals surface area contributed by atoms with Crippen LogP contribution in [-0.2, 0) is 9.53 Å². The van der Waals surface area contributed by atoms with Gasteiger partial charge in [0.1, 0.15) is 11.5 Å². The van der Waals surface area contributed by atoms with E-state index in [0.717, 1.165) is 16.2 Å². The Morgan fingerprint density at radius 1 is 1.27 bits per heavy atom. The summed E-state index contributed by atoms with van der Waals surface area (Å²) in [5.74, 6) is 0.906. The summed E-state index contributed by atoms with van der Waals surface area (Å²) < 4.78 is 11.1. The van der Waals surface area contributed by atoms with Crippen molar-refractivity contribution in [3.05, 3.63) is 64.3 Å². The molecule has 1 unspecified atom stereocenters. The van der Waals surface area contributed by atoms with Crippen molar-refractivity contribution in [2.24, 2.45) is 5.92 Å². The normalized spacial score (nSPS) is 13.7. The van der Waals surface area contributed by atoms with Gasteiger partial charge in [-0.3, -0.25) is 0 Å². The molecule has 0 aliphatic heterocycles. The van der Waals surface area contributed by atoms with Crippen molar-refractivity contribution in [3.63, 3.8) is 0 Å². The number of nitrogens with zero attached hydrogens (tertiary/aromatic N) is 1. The number of nitriles is 1. The van der Waals surface area contributed by atoms with Crippen LogP contribution in [-0.4, -0.2) is 29.5 Å². The van der Waals surface area contributed by atoms with Gasteiger partial charge in [0, 0.05) is 23.7 Å². The number of carboxylic acids is 1. The zero-order valence-electron chi connectivity index (χ0n) is 21.3. The molecule has 0 spiro atoms. The summed E-state index contributed by atoms with van der Waals surface area (Å²) in [7, 11) is 0. The van der Waals surface area contributed by atoms with Crippen molar-refractivity contribution in [2.75, 3.05) is 12.9 Å². The third-order valence-corrected chi connectivity index (χ3v) is 5.10. The van der Waals surface area contributed by atoms with Gasteiger partial charge in [0.25, 0.3) is 0 Å². The molecule has 0 radical (unpaired) electrons. The van der Waals surface area contributed by atoms with Crippen LogP contribution in [0.3, 0.4) is 0 Å². The Hall–Kier alpha value is -2.65. The van der Waals surface area contributed by atoms with E-state index in [9.17, 15) is 4.79 Å². The van der Waals surface area contributed by atoms with E-state index >= 15 is 0 Å². The van der Waals surface area contributed by atoms with E-state index in [2.05, 4.69) is 12.1 Å². The molecule has 1 atom stereocenters. The van der Waals surface area contributed by atoms with Crippen LogP contribution < -0.4 is 4.74 Å². The molecule has 0 heterocycles. The lowest BCUT2D eigenvalue weighted by Gasteiger charge is -2.23. The Morgan fingerprint density at radius 2 is 1.94 bits per heavy atom. The van der Waals surface area contributed by atoms with E-state index < -0.39 is 11.6 Å². The number of thioether (sulfide) groups is 1. The van der Waals surface area contributed by atoms with E-state index in [4.69, 9.17) is 19.8 Å². The molecule has 0 fully saturated rings. The third kappa shape index (κ3) is 12.8. The molecule has 2 rings (SSSR count). The molecule has 1 aromatic rings. The number of aryl methyl sites for hydroxylation is 1. The monoisotopic (exact) mass is 473 g/mol. The zero-order chi connectivity index (χ0) is 25.4. The highest BCUT2D eigenvalue weighted by Crippen LogP contribution is 2.26. The molecule has 0 amide bonds. The van der Waals surface area contributed by atoms with Crippen molar-refractivity contribution < 1.29 is 19.4 Å². The fourth-order valence-corrected chi connectivity index (χ4v) is 3.10. The van der Waals surface area contributed by atoms with Gasteiger partial charge in [-0.15, -0.1) is 11.8 Å². The summed E-state index contributed by atoms with van der Waals surface area (Å²) in [6.07, 6.45) is 9.10.